The molecule has 0 unspecified atom stereocenters. The standard InChI is InChI=1S/C15H16N2O/c1-11-4-3-5-13(10-11)12-6-8-14(9-7-12)17-15(18)16-2/h3-10H,1-2H3,(H2,16,17,18). The van der Waals surface area contributed by atoms with Gasteiger partial charge in [0.25, 0.3) is 0 Å². The largest absolute Gasteiger partial charge is 0.341 e. The monoisotopic (exact) mass is 240 g/mol. The van der Waals surface area contributed by atoms with E-state index in [4.69, 9.17) is 0 Å². The van der Waals surface area contributed by atoms with Gasteiger partial charge in [-0.05, 0) is 30.2 Å². The van der Waals surface area contributed by atoms with Crippen LogP contribution in [0.15, 0.2) is 48.5 Å². The van der Waals surface area contributed by atoms with E-state index < -0.39 is 0 Å². The Balaban J connectivity index is 2.19. The Hall–Kier alpha value is -2.29. The first-order chi connectivity index (χ1) is 8.69. The Morgan fingerprint density at radius 2 is 1.72 bits per heavy atom. The molecule has 2 aromatic rings. The molecule has 0 saturated heterocycles. The number of anilines is 1. The highest BCUT2D eigenvalue weighted by Crippen LogP contribution is 2.22. The van der Waals surface area contributed by atoms with Gasteiger partial charge in [-0.1, -0.05) is 42.0 Å². The van der Waals surface area contributed by atoms with Crippen molar-refractivity contribution in [3.63, 3.8) is 0 Å². The minimum absolute atomic E-state index is 0.210. The van der Waals surface area contributed by atoms with E-state index in [0.29, 0.717) is 0 Å². The van der Waals surface area contributed by atoms with E-state index in [2.05, 4.69) is 35.8 Å². The Morgan fingerprint density at radius 3 is 2.33 bits per heavy atom. The number of hydrogen-bond acceptors (Lipinski definition) is 1. The summed E-state index contributed by atoms with van der Waals surface area (Å²) in [5.41, 5.74) is 4.34. The molecular formula is C15H16N2O. The van der Waals surface area contributed by atoms with E-state index in [0.717, 1.165) is 11.3 Å². The van der Waals surface area contributed by atoms with Crippen molar-refractivity contribution < 1.29 is 4.79 Å². The lowest BCUT2D eigenvalue weighted by atomic mass is 10.0. The molecular weight excluding hydrogens is 224 g/mol. The SMILES string of the molecule is CNC(=O)Nc1ccc(-c2cccc(C)c2)cc1. The maximum atomic E-state index is 11.2. The van der Waals surface area contributed by atoms with Crippen molar-refractivity contribution in [2.45, 2.75) is 6.92 Å². The Bertz CT molecular complexity index is 547. The summed E-state index contributed by atoms with van der Waals surface area (Å²) in [6.07, 6.45) is 0. The summed E-state index contributed by atoms with van der Waals surface area (Å²) in [6.45, 7) is 2.07. The molecule has 2 aromatic carbocycles. The van der Waals surface area contributed by atoms with Crippen molar-refractivity contribution in [1.29, 1.82) is 0 Å². The van der Waals surface area contributed by atoms with Gasteiger partial charge in [-0.3, -0.25) is 0 Å². The molecule has 3 heteroatoms. The number of amides is 2. The van der Waals surface area contributed by atoms with Crippen LogP contribution in [0.25, 0.3) is 11.1 Å². The van der Waals surface area contributed by atoms with E-state index in [9.17, 15) is 4.79 Å². The molecule has 0 saturated carbocycles. The van der Waals surface area contributed by atoms with Crippen LogP contribution in [0.1, 0.15) is 5.56 Å². The van der Waals surface area contributed by atoms with Crippen molar-refractivity contribution in [1.82, 2.24) is 5.32 Å². The molecule has 3 nitrogen and oxygen atoms in total. The van der Waals surface area contributed by atoms with Gasteiger partial charge in [0.15, 0.2) is 0 Å². The summed E-state index contributed by atoms with van der Waals surface area (Å²) >= 11 is 0. The molecule has 0 spiro atoms. The Morgan fingerprint density at radius 1 is 1.00 bits per heavy atom. The molecule has 0 radical (unpaired) electrons. The van der Waals surface area contributed by atoms with Crippen LogP contribution in [0.3, 0.4) is 0 Å². The summed E-state index contributed by atoms with van der Waals surface area (Å²) in [6, 6.07) is 15.9. The maximum Gasteiger partial charge on any atom is 0.318 e. The van der Waals surface area contributed by atoms with Crippen LogP contribution in [-0.2, 0) is 0 Å². The zero-order valence-electron chi connectivity index (χ0n) is 10.5. The van der Waals surface area contributed by atoms with Crippen LogP contribution >= 0.6 is 0 Å². The van der Waals surface area contributed by atoms with Gasteiger partial charge < -0.3 is 10.6 Å². The minimum Gasteiger partial charge on any atom is -0.341 e. The number of carbonyl (C=O) groups excluding carboxylic acids is 1. The summed E-state index contributed by atoms with van der Waals surface area (Å²) < 4.78 is 0. The molecule has 0 atom stereocenters. The molecule has 0 aliphatic carbocycles. The van der Waals surface area contributed by atoms with Gasteiger partial charge in [0.2, 0.25) is 0 Å². The second-order valence-corrected chi connectivity index (χ2v) is 4.15. The normalized spacial score (nSPS) is 9.89. The van der Waals surface area contributed by atoms with Gasteiger partial charge in [-0.25, -0.2) is 4.79 Å². The van der Waals surface area contributed by atoms with Crippen LogP contribution in [0, 0.1) is 6.92 Å². The predicted molar refractivity (Wildman–Crippen MR) is 74.7 cm³/mol. The number of urea groups is 1. The predicted octanol–water partition coefficient (Wildman–Crippen LogP) is 3.41. The molecule has 0 aliphatic rings. The zero-order chi connectivity index (χ0) is 13.0. The van der Waals surface area contributed by atoms with E-state index in [1.807, 2.05) is 30.3 Å². The smallest absolute Gasteiger partial charge is 0.318 e. The molecule has 0 heterocycles. The molecule has 18 heavy (non-hydrogen) atoms. The zero-order valence-corrected chi connectivity index (χ0v) is 10.5. The fourth-order valence-electron chi connectivity index (χ4n) is 1.76. The van der Waals surface area contributed by atoms with Gasteiger partial charge in [-0.15, -0.1) is 0 Å². The van der Waals surface area contributed by atoms with Crippen LogP contribution in [0.5, 0.6) is 0 Å². The van der Waals surface area contributed by atoms with Gasteiger partial charge in [0, 0.05) is 12.7 Å². The minimum atomic E-state index is -0.210. The van der Waals surface area contributed by atoms with Crippen LogP contribution in [0.2, 0.25) is 0 Å². The van der Waals surface area contributed by atoms with E-state index in [1.165, 1.54) is 11.1 Å². The topological polar surface area (TPSA) is 41.1 Å². The lowest BCUT2D eigenvalue weighted by molar-refractivity contribution is 0.254. The average molecular weight is 240 g/mol. The van der Waals surface area contributed by atoms with E-state index in [-0.39, 0.29) is 6.03 Å². The van der Waals surface area contributed by atoms with Crippen molar-refractivity contribution in [3.05, 3.63) is 54.1 Å². The fourth-order valence-corrected chi connectivity index (χ4v) is 1.76. The van der Waals surface area contributed by atoms with Crippen molar-refractivity contribution in [2.24, 2.45) is 0 Å². The van der Waals surface area contributed by atoms with Gasteiger partial charge in [0.1, 0.15) is 0 Å². The van der Waals surface area contributed by atoms with Crippen LogP contribution < -0.4 is 10.6 Å². The summed E-state index contributed by atoms with van der Waals surface area (Å²) in [7, 11) is 1.59. The Labute approximate surface area is 107 Å². The molecule has 2 rings (SSSR count). The third-order valence-electron chi connectivity index (χ3n) is 2.72. The second kappa shape index (κ2) is 5.36. The third kappa shape index (κ3) is 2.88. The van der Waals surface area contributed by atoms with E-state index >= 15 is 0 Å². The summed E-state index contributed by atoms with van der Waals surface area (Å²) in [5.74, 6) is 0. The first-order valence-electron chi connectivity index (χ1n) is 5.85. The molecule has 2 amide bonds. The first kappa shape index (κ1) is 12.2. The van der Waals surface area contributed by atoms with Crippen molar-refractivity contribution in [2.75, 3.05) is 12.4 Å². The first-order valence-corrected chi connectivity index (χ1v) is 5.85. The molecule has 0 aliphatic heterocycles. The number of aryl methyl sites for hydroxylation is 1. The number of carbonyl (C=O) groups is 1. The van der Waals surface area contributed by atoms with Gasteiger partial charge in [0.05, 0.1) is 0 Å². The summed E-state index contributed by atoms with van der Waals surface area (Å²) in [4.78, 5) is 11.2. The molecule has 0 aromatic heterocycles. The molecule has 0 bridgehead atoms. The Kier molecular flexibility index (Phi) is 3.63. The number of benzene rings is 2. The van der Waals surface area contributed by atoms with Gasteiger partial charge in [-0.2, -0.15) is 0 Å². The molecule has 2 N–H and O–H groups in total. The lowest BCUT2D eigenvalue weighted by Gasteiger charge is -2.06. The quantitative estimate of drug-likeness (QED) is 0.829. The second-order valence-electron chi connectivity index (χ2n) is 4.15. The average Bonchev–Trinajstić information content (AvgIpc) is 2.39. The third-order valence-corrected chi connectivity index (χ3v) is 2.72. The molecule has 0 fully saturated rings. The summed E-state index contributed by atoms with van der Waals surface area (Å²) in [5, 5.41) is 5.25. The highest BCUT2D eigenvalue weighted by atomic mass is 16.2. The highest BCUT2D eigenvalue weighted by Gasteiger charge is 2.00. The number of hydrogen-bond donors (Lipinski definition) is 2. The van der Waals surface area contributed by atoms with Crippen LogP contribution in [-0.4, -0.2) is 13.1 Å². The lowest BCUT2D eigenvalue weighted by Crippen LogP contribution is -2.24. The van der Waals surface area contributed by atoms with E-state index in [1.54, 1.807) is 7.05 Å². The van der Waals surface area contributed by atoms with Crippen molar-refractivity contribution >= 4 is 11.7 Å². The maximum absolute atomic E-state index is 11.2. The molecule has 92 valence electrons. The fraction of sp³-hybridized carbons (Fsp3) is 0.133. The van der Waals surface area contributed by atoms with Crippen LogP contribution in [0.4, 0.5) is 10.5 Å². The van der Waals surface area contributed by atoms with Gasteiger partial charge >= 0.3 is 6.03 Å². The highest BCUT2D eigenvalue weighted by molar-refractivity contribution is 5.89. The number of rotatable bonds is 2. The van der Waals surface area contributed by atoms with Crippen molar-refractivity contribution in [3.8, 4) is 11.1 Å². The number of nitrogens with one attached hydrogen (secondary N) is 2.